The fourth-order valence-electron chi connectivity index (χ4n) is 1.68. The molecule has 0 spiro atoms. The number of nitrogens with zero attached hydrogens (tertiary/aromatic N) is 1. The number of aliphatic carboxylic acids is 1. The van der Waals surface area contributed by atoms with E-state index < -0.39 is 12.0 Å². The van der Waals surface area contributed by atoms with Gasteiger partial charge in [-0.05, 0) is 5.92 Å². The van der Waals surface area contributed by atoms with Crippen LogP contribution < -0.4 is 5.32 Å². The van der Waals surface area contributed by atoms with Gasteiger partial charge in [0.2, 0.25) is 11.8 Å². The van der Waals surface area contributed by atoms with Gasteiger partial charge in [0.1, 0.15) is 12.6 Å². The normalized spacial score (nSPS) is 21.9. The minimum atomic E-state index is -1.08. The fourth-order valence-corrected chi connectivity index (χ4v) is 1.68. The van der Waals surface area contributed by atoms with Gasteiger partial charge in [-0.1, -0.05) is 20.3 Å². The molecule has 6 heteroatoms. The van der Waals surface area contributed by atoms with Crippen molar-refractivity contribution in [2.45, 2.75) is 32.7 Å². The van der Waals surface area contributed by atoms with E-state index in [4.69, 9.17) is 5.11 Å². The molecule has 1 aliphatic rings. The average molecular weight is 242 g/mol. The molecule has 2 amide bonds. The first-order valence-corrected chi connectivity index (χ1v) is 5.74. The standard InChI is InChI=1S/C11H18N2O4/c1-3-7(2)4-10(15)13-6-9(14)12-5-8(13)11(16)17/h7-8H,3-6H2,1-2H3,(H,12,14)(H,16,17). The van der Waals surface area contributed by atoms with Gasteiger partial charge in [0.05, 0.1) is 0 Å². The number of piperazine rings is 1. The van der Waals surface area contributed by atoms with Crippen molar-refractivity contribution in [3.05, 3.63) is 0 Å². The summed E-state index contributed by atoms with van der Waals surface area (Å²) in [6, 6.07) is -0.941. The molecule has 6 nitrogen and oxygen atoms in total. The molecule has 0 aromatic carbocycles. The van der Waals surface area contributed by atoms with E-state index in [2.05, 4.69) is 5.32 Å². The molecule has 1 heterocycles. The van der Waals surface area contributed by atoms with Crippen LogP contribution in [0.5, 0.6) is 0 Å². The van der Waals surface area contributed by atoms with Gasteiger partial charge >= 0.3 is 5.97 Å². The highest BCUT2D eigenvalue weighted by atomic mass is 16.4. The van der Waals surface area contributed by atoms with Crippen molar-refractivity contribution in [3.8, 4) is 0 Å². The van der Waals surface area contributed by atoms with Gasteiger partial charge in [0, 0.05) is 13.0 Å². The zero-order valence-electron chi connectivity index (χ0n) is 10.1. The highest BCUT2D eigenvalue weighted by Gasteiger charge is 2.35. The summed E-state index contributed by atoms with van der Waals surface area (Å²) in [5.41, 5.74) is 0. The highest BCUT2D eigenvalue weighted by molar-refractivity contribution is 5.91. The Bertz CT molecular complexity index is 329. The van der Waals surface area contributed by atoms with Gasteiger partial charge in [-0.25, -0.2) is 4.79 Å². The topological polar surface area (TPSA) is 86.7 Å². The van der Waals surface area contributed by atoms with Crippen molar-refractivity contribution < 1.29 is 19.5 Å². The Kier molecular flexibility index (Phi) is 4.48. The van der Waals surface area contributed by atoms with Crippen LogP contribution in [0.1, 0.15) is 26.7 Å². The van der Waals surface area contributed by atoms with Gasteiger partial charge in [-0.15, -0.1) is 0 Å². The number of rotatable bonds is 4. The first-order valence-electron chi connectivity index (χ1n) is 5.74. The van der Waals surface area contributed by atoms with Crippen LogP contribution in [0, 0.1) is 5.92 Å². The van der Waals surface area contributed by atoms with Gasteiger partial charge in [-0.3, -0.25) is 9.59 Å². The number of nitrogens with one attached hydrogen (secondary N) is 1. The molecule has 0 aliphatic carbocycles. The maximum atomic E-state index is 11.9. The third kappa shape index (κ3) is 3.44. The van der Waals surface area contributed by atoms with Crippen molar-refractivity contribution in [1.29, 1.82) is 0 Å². The molecule has 1 rings (SSSR count). The molecule has 96 valence electrons. The number of carbonyl (C=O) groups is 3. The summed E-state index contributed by atoms with van der Waals surface area (Å²) < 4.78 is 0. The van der Waals surface area contributed by atoms with E-state index in [0.717, 1.165) is 11.3 Å². The lowest BCUT2D eigenvalue weighted by Crippen LogP contribution is -2.59. The number of carbonyl (C=O) groups excluding carboxylic acids is 2. The molecule has 1 aliphatic heterocycles. The third-order valence-corrected chi connectivity index (χ3v) is 3.01. The van der Waals surface area contributed by atoms with E-state index in [0.29, 0.717) is 0 Å². The molecule has 0 bridgehead atoms. The maximum absolute atomic E-state index is 11.9. The smallest absolute Gasteiger partial charge is 0.328 e. The number of carboxylic acid groups (broad SMARTS) is 1. The van der Waals surface area contributed by atoms with E-state index >= 15 is 0 Å². The second kappa shape index (κ2) is 5.65. The predicted molar refractivity (Wildman–Crippen MR) is 60.2 cm³/mol. The molecule has 1 saturated heterocycles. The molecule has 0 aromatic heterocycles. The Morgan fingerprint density at radius 3 is 2.76 bits per heavy atom. The third-order valence-electron chi connectivity index (χ3n) is 3.01. The minimum Gasteiger partial charge on any atom is -0.480 e. The van der Waals surface area contributed by atoms with E-state index in [1.54, 1.807) is 0 Å². The van der Waals surface area contributed by atoms with Crippen molar-refractivity contribution >= 4 is 17.8 Å². The summed E-state index contributed by atoms with van der Waals surface area (Å²) in [7, 11) is 0. The minimum absolute atomic E-state index is 0.0135. The quantitative estimate of drug-likeness (QED) is 0.717. The molecular weight excluding hydrogens is 224 g/mol. The zero-order valence-corrected chi connectivity index (χ0v) is 10.1. The summed E-state index contributed by atoms with van der Waals surface area (Å²) >= 11 is 0. The van der Waals surface area contributed by atoms with Crippen molar-refractivity contribution in [2.75, 3.05) is 13.1 Å². The van der Waals surface area contributed by atoms with Crippen LogP contribution in [0.4, 0.5) is 0 Å². The van der Waals surface area contributed by atoms with Crippen LogP contribution >= 0.6 is 0 Å². The Labute approximate surface area is 100.0 Å². The molecule has 0 radical (unpaired) electrons. The van der Waals surface area contributed by atoms with Gasteiger partial charge in [-0.2, -0.15) is 0 Å². The van der Waals surface area contributed by atoms with Crippen LogP contribution in [0.25, 0.3) is 0 Å². The van der Waals surface area contributed by atoms with E-state index in [1.165, 1.54) is 0 Å². The van der Waals surface area contributed by atoms with Gasteiger partial charge in [0.15, 0.2) is 0 Å². The predicted octanol–water partition coefficient (Wildman–Crippen LogP) is -0.166. The van der Waals surface area contributed by atoms with Crippen LogP contribution in [-0.2, 0) is 14.4 Å². The maximum Gasteiger partial charge on any atom is 0.328 e. The first kappa shape index (κ1) is 13.5. The number of carboxylic acids is 1. The second-order valence-electron chi connectivity index (χ2n) is 4.40. The van der Waals surface area contributed by atoms with Crippen molar-refractivity contribution in [1.82, 2.24) is 10.2 Å². The number of hydrogen-bond donors (Lipinski definition) is 2. The number of amides is 2. The molecule has 0 aromatic rings. The number of hydrogen-bond acceptors (Lipinski definition) is 3. The van der Waals surface area contributed by atoms with E-state index in [-0.39, 0.29) is 37.2 Å². The molecular formula is C11H18N2O4. The van der Waals surface area contributed by atoms with Gasteiger partial charge < -0.3 is 15.3 Å². The van der Waals surface area contributed by atoms with Crippen LogP contribution in [0.2, 0.25) is 0 Å². The summed E-state index contributed by atoms with van der Waals surface area (Å²) in [5.74, 6) is -1.45. The molecule has 2 N–H and O–H groups in total. The average Bonchev–Trinajstić information content (AvgIpc) is 2.28. The van der Waals surface area contributed by atoms with Crippen molar-refractivity contribution in [2.24, 2.45) is 5.92 Å². The summed E-state index contributed by atoms with van der Waals surface area (Å²) in [4.78, 5) is 35.3. The SMILES string of the molecule is CCC(C)CC(=O)N1CC(=O)NCC1C(=O)O. The Morgan fingerprint density at radius 1 is 1.59 bits per heavy atom. The molecule has 1 fully saturated rings. The van der Waals surface area contributed by atoms with Crippen LogP contribution in [0.15, 0.2) is 0 Å². The monoisotopic (exact) mass is 242 g/mol. The Balaban J connectivity index is 2.71. The van der Waals surface area contributed by atoms with E-state index in [1.807, 2.05) is 13.8 Å². The summed E-state index contributed by atoms with van der Waals surface area (Å²) in [6.45, 7) is 3.72. The van der Waals surface area contributed by atoms with Gasteiger partial charge in [0.25, 0.3) is 0 Å². The molecule has 17 heavy (non-hydrogen) atoms. The fraction of sp³-hybridized carbons (Fsp3) is 0.727. The summed E-state index contributed by atoms with van der Waals surface area (Å²) in [6.07, 6.45) is 1.14. The second-order valence-corrected chi connectivity index (χ2v) is 4.40. The van der Waals surface area contributed by atoms with Crippen LogP contribution in [-0.4, -0.2) is 46.9 Å². The lowest BCUT2D eigenvalue weighted by Gasteiger charge is -2.33. The Hall–Kier alpha value is -1.59. The zero-order chi connectivity index (χ0) is 13.0. The molecule has 0 saturated carbocycles. The van der Waals surface area contributed by atoms with Crippen molar-refractivity contribution in [3.63, 3.8) is 0 Å². The Morgan fingerprint density at radius 2 is 2.24 bits per heavy atom. The largest absolute Gasteiger partial charge is 0.480 e. The lowest BCUT2D eigenvalue weighted by atomic mass is 10.0. The van der Waals surface area contributed by atoms with Crippen LogP contribution in [0.3, 0.4) is 0 Å². The first-order chi connectivity index (χ1) is 7.95. The van der Waals surface area contributed by atoms with E-state index in [9.17, 15) is 14.4 Å². The lowest BCUT2D eigenvalue weighted by molar-refractivity contribution is -0.154. The summed E-state index contributed by atoms with van der Waals surface area (Å²) in [5, 5.41) is 11.4. The molecule has 2 unspecified atom stereocenters. The highest BCUT2D eigenvalue weighted by Crippen LogP contribution is 2.13. The molecule has 2 atom stereocenters.